The molecule has 0 heterocycles. The lowest BCUT2D eigenvalue weighted by Crippen LogP contribution is -2.50. The number of halogens is 3. The maximum absolute atomic E-state index is 14.3. The van der Waals surface area contributed by atoms with E-state index in [4.69, 9.17) is 22.7 Å². The Bertz CT molecular complexity index is 1340. The number of unbranched alkanes of at least 4 members (excludes halogenated alkanes) is 1. The Morgan fingerprint density at radius 3 is 2.60 bits per heavy atom. The number of rotatable bonds is 22. The van der Waals surface area contributed by atoms with Gasteiger partial charge in [0, 0.05) is 23.9 Å². The number of allylic oxidation sites excluding steroid dienone is 8. The summed E-state index contributed by atoms with van der Waals surface area (Å²) in [6, 6.07) is -0.529. The maximum Gasteiger partial charge on any atom is 0.340 e. The quantitative estimate of drug-likeness (QED) is 0.0266. The van der Waals surface area contributed by atoms with E-state index in [1.54, 1.807) is 6.08 Å². The highest BCUT2D eigenvalue weighted by Crippen LogP contribution is 2.34. The van der Waals surface area contributed by atoms with E-state index in [1.165, 1.54) is 11.6 Å². The van der Waals surface area contributed by atoms with Crippen LogP contribution in [0.4, 0.5) is 13.6 Å². The molecule has 1 fully saturated rings. The van der Waals surface area contributed by atoms with Crippen LogP contribution in [0.1, 0.15) is 59.3 Å². The first-order chi connectivity index (χ1) is 23.0. The lowest BCUT2D eigenvalue weighted by molar-refractivity contribution is 0.247. The van der Waals surface area contributed by atoms with Crippen LogP contribution in [0, 0.1) is 17.2 Å². The zero-order valence-electron chi connectivity index (χ0n) is 28.8. The molecule has 0 spiro atoms. The summed E-state index contributed by atoms with van der Waals surface area (Å²) in [7, 11) is 0. The van der Waals surface area contributed by atoms with Gasteiger partial charge >= 0.3 is 6.03 Å². The minimum absolute atomic E-state index is 0.189. The van der Waals surface area contributed by atoms with Crippen LogP contribution < -0.4 is 21.7 Å². The maximum atomic E-state index is 14.3. The third kappa shape index (κ3) is 13.5. The molecular formula is C37H54ClF2N7O. The molecule has 6 N–H and O–H groups in total. The van der Waals surface area contributed by atoms with E-state index in [0.717, 1.165) is 68.1 Å². The summed E-state index contributed by atoms with van der Waals surface area (Å²) in [6.07, 6.45) is 21.6. The molecule has 2 rings (SSSR count). The molecule has 0 aromatic rings. The second-order valence-electron chi connectivity index (χ2n) is 12.1. The lowest BCUT2D eigenvalue weighted by atomic mass is 9.82. The smallest absolute Gasteiger partial charge is 0.340 e. The van der Waals surface area contributed by atoms with Crippen molar-refractivity contribution in [1.82, 2.24) is 20.9 Å². The van der Waals surface area contributed by atoms with Crippen molar-refractivity contribution in [2.24, 2.45) is 22.6 Å². The Morgan fingerprint density at radius 1 is 1.29 bits per heavy atom. The number of carbonyl (C=O) groups excluding carboxylic acids is 1. The molecule has 264 valence electrons. The molecule has 3 unspecified atom stereocenters. The number of alkyl halides is 1. The van der Waals surface area contributed by atoms with Gasteiger partial charge in [-0.3, -0.25) is 0 Å². The van der Waals surface area contributed by atoms with Gasteiger partial charge in [0.2, 0.25) is 0 Å². The molecule has 0 radical (unpaired) electrons. The second kappa shape index (κ2) is 21.4. The first-order valence-corrected chi connectivity index (χ1v) is 17.1. The first kappa shape index (κ1) is 40.6. The highest BCUT2D eigenvalue weighted by molar-refractivity contribution is 6.31. The highest BCUT2D eigenvalue weighted by Gasteiger charge is 2.32. The monoisotopic (exact) mass is 685 g/mol. The van der Waals surface area contributed by atoms with Gasteiger partial charge in [0.1, 0.15) is 12.5 Å². The molecule has 2 aliphatic rings. The molecule has 0 saturated heterocycles. The number of hydrogen-bond acceptors (Lipinski definition) is 6. The fourth-order valence-electron chi connectivity index (χ4n) is 5.13. The average Bonchev–Trinajstić information content (AvgIpc) is 3.92. The number of urea groups is 1. The summed E-state index contributed by atoms with van der Waals surface area (Å²) in [5, 5.41) is 18.8. The van der Waals surface area contributed by atoms with Crippen LogP contribution in [0.5, 0.6) is 0 Å². The van der Waals surface area contributed by atoms with Crippen LogP contribution in [-0.2, 0) is 0 Å². The number of nitrogens with zero attached hydrogens (tertiary/aromatic N) is 2. The normalized spacial score (nSPS) is 19.6. The van der Waals surface area contributed by atoms with Crippen LogP contribution in [0.3, 0.4) is 0 Å². The fourth-order valence-corrected chi connectivity index (χ4v) is 5.37. The molecule has 3 atom stereocenters. The van der Waals surface area contributed by atoms with Crippen molar-refractivity contribution in [1.29, 1.82) is 5.41 Å². The Hall–Kier alpha value is -3.60. The second-order valence-corrected chi connectivity index (χ2v) is 12.5. The summed E-state index contributed by atoms with van der Waals surface area (Å²) >= 11 is 6.18. The molecule has 0 aromatic heterocycles. The topological polar surface area (TPSA) is 119 Å². The predicted octanol–water partition coefficient (Wildman–Crippen LogP) is 7.52. The third-order valence-corrected chi connectivity index (χ3v) is 8.69. The minimum Gasteiger partial charge on any atom is -0.368 e. The van der Waals surface area contributed by atoms with Crippen molar-refractivity contribution in [3.8, 4) is 0 Å². The van der Waals surface area contributed by atoms with Gasteiger partial charge in [-0.2, -0.15) is 0 Å². The minimum atomic E-state index is -0.964. The molecule has 2 amide bonds. The van der Waals surface area contributed by atoms with Crippen molar-refractivity contribution in [3.05, 3.63) is 94.7 Å². The van der Waals surface area contributed by atoms with Crippen LogP contribution >= 0.6 is 11.6 Å². The average molecular weight is 686 g/mol. The summed E-state index contributed by atoms with van der Waals surface area (Å²) in [6.45, 7) is 14.9. The van der Waals surface area contributed by atoms with Crippen molar-refractivity contribution in [2.75, 3.05) is 39.5 Å². The number of hydrogen-bond donors (Lipinski definition) is 5. The van der Waals surface area contributed by atoms with Crippen LogP contribution in [0.15, 0.2) is 99.7 Å². The Labute approximate surface area is 290 Å². The molecule has 0 aliphatic heterocycles. The van der Waals surface area contributed by atoms with Crippen LogP contribution in [-0.4, -0.2) is 68.4 Å². The van der Waals surface area contributed by atoms with E-state index in [9.17, 15) is 13.6 Å². The van der Waals surface area contributed by atoms with Crippen molar-refractivity contribution in [3.63, 3.8) is 0 Å². The summed E-state index contributed by atoms with van der Waals surface area (Å²) in [5.41, 5.74) is 9.40. The van der Waals surface area contributed by atoms with Gasteiger partial charge in [0.25, 0.3) is 0 Å². The number of nitrogens with two attached hydrogens (primary N) is 1. The predicted molar refractivity (Wildman–Crippen MR) is 198 cm³/mol. The Balaban J connectivity index is 2.34. The molecule has 11 heteroatoms. The molecule has 0 bridgehead atoms. The Kier molecular flexibility index (Phi) is 18.1. The number of aliphatic imine (C=N–C) groups is 1. The Morgan fingerprint density at radius 2 is 2.00 bits per heavy atom. The number of carbonyl (C=O) groups is 1. The van der Waals surface area contributed by atoms with E-state index in [0.29, 0.717) is 25.5 Å². The summed E-state index contributed by atoms with van der Waals surface area (Å²) < 4.78 is 27.0. The van der Waals surface area contributed by atoms with Gasteiger partial charge in [0.15, 0.2) is 0 Å². The van der Waals surface area contributed by atoms with Gasteiger partial charge < -0.3 is 32.0 Å². The molecule has 48 heavy (non-hydrogen) atoms. The van der Waals surface area contributed by atoms with Crippen molar-refractivity contribution in [2.45, 2.75) is 64.8 Å². The van der Waals surface area contributed by atoms with Crippen LogP contribution in [0.2, 0.25) is 0 Å². The number of amides is 2. The first-order valence-electron chi connectivity index (χ1n) is 16.7. The van der Waals surface area contributed by atoms with Gasteiger partial charge in [-0.1, -0.05) is 61.9 Å². The lowest BCUT2D eigenvalue weighted by Gasteiger charge is -2.36. The molecule has 8 nitrogen and oxygen atoms in total. The van der Waals surface area contributed by atoms with E-state index in [-0.39, 0.29) is 17.5 Å². The summed E-state index contributed by atoms with van der Waals surface area (Å²) in [5.74, 6) is -1.02. The van der Waals surface area contributed by atoms with Gasteiger partial charge in [-0.15, -0.1) is 6.58 Å². The van der Waals surface area contributed by atoms with Gasteiger partial charge in [0.05, 0.1) is 29.5 Å². The van der Waals surface area contributed by atoms with E-state index >= 15 is 0 Å². The number of nitrogens with one attached hydrogen (secondary N) is 4. The largest absolute Gasteiger partial charge is 0.368 e. The van der Waals surface area contributed by atoms with Crippen molar-refractivity contribution >= 4 is 30.1 Å². The third-order valence-electron chi connectivity index (χ3n) is 8.38. The molecule has 0 aromatic carbocycles. The standard InChI is InChI=1S/C37H54ClF2N7O/c1-6-27(3)30-22-35(42)37(4,46-20-14-12-10-8-9-11-13-19-41)23-33(30)45-26-47(34(29-15-16-29)24-44-36(48)43-5)25-28(7-2)21-31(38)32(40)17-18-39/h7-11,17,21-23,27-28,42,45-46H,2,5-6,12-16,18-20,24-26,41H2,1,3-4H3,(H,44,48)/b10-8-,11-9-,31-21+,32-17+,42-35?. The highest BCUT2D eigenvalue weighted by atomic mass is 35.5. The van der Waals surface area contributed by atoms with E-state index in [1.807, 2.05) is 25.2 Å². The van der Waals surface area contributed by atoms with Gasteiger partial charge in [-0.25, -0.2) is 18.6 Å². The van der Waals surface area contributed by atoms with Gasteiger partial charge in [-0.05, 0) is 101 Å². The molecular weight excluding hydrogens is 632 g/mol. The molecule has 1 saturated carbocycles. The SMILES string of the molecule is C=CC(/C=C(Cl)\C(F)=C/CF)CN(CNC1=CC(C)(NCCC/C=C\C=C/CCN)C(=N)C=C1C(C)CC)C(CNC(=O)N=C)=C1CC1. The fraction of sp³-hybridized carbons (Fsp3) is 0.486. The molecule has 2 aliphatic carbocycles. The van der Waals surface area contributed by atoms with E-state index < -0.39 is 30.0 Å². The van der Waals surface area contributed by atoms with Crippen LogP contribution in [0.25, 0.3) is 0 Å². The zero-order valence-corrected chi connectivity index (χ0v) is 29.5. The summed E-state index contributed by atoms with van der Waals surface area (Å²) in [4.78, 5) is 17.6. The van der Waals surface area contributed by atoms with E-state index in [2.05, 4.69) is 71.2 Å². The zero-order chi connectivity index (χ0) is 35.5. The van der Waals surface area contributed by atoms with Crippen molar-refractivity contribution < 1.29 is 13.6 Å².